The molecule has 0 bridgehead atoms. The van der Waals surface area contributed by atoms with Gasteiger partial charge in [0, 0.05) is 0 Å². The van der Waals surface area contributed by atoms with Gasteiger partial charge in [-0.25, -0.2) is 0 Å². The van der Waals surface area contributed by atoms with Crippen LogP contribution in [0.1, 0.15) is 17.0 Å². The standard InChI is InChI=1S/C12H11BrCl2N2/c1-7-12(13)8(2)17(16-7)6-9-3-4-10(14)11(15)5-9/h3-5H,6H2,1-2H3. The maximum Gasteiger partial charge on any atom is 0.0738 e. The quantitative estimate of drug-likeness (QED) is 0.784. The highest BCUT2D eigenvalue weighted by Crippen LogP contribution is 2.24. The van der Waals surface area contributed by atoms with Crippen molar-refractivity contribution in [2.45, 2.75) is 20.4 Å². The first-order valence-corrected chi connectivity index (χ1v) is 6.67. The lowest BCUT2D eigenvalue weighted by Crippen LogP contribution is -2.03. The van der Waals surface area contributed by atoms with Gasteiger partial charge in [0.05, 0.1) is 32.5 Å². The molecule has 0 saturated carbocycles. The van der Waals surface area contributed by atoms with Crippen molar-refractivity contribution in [3.8, 4) is 0 Å². The summed E-state index contributed by atoms with van der Waals surface area (Å²) in [5.74, 6) is 0. The van der Waals surface area contributed by atoms with Crippen molar-refractivity contribution < 1.29 is 0 Å². The van der Waals surface area contributed by atoms with Gasteiger partial charge in [0.15, 0.2) is 0 Å². The minimum atomic E-state index is 0.574. The lowest BCUT2D eigenvalue weighted by Gasteiger charge is -2.06. The maximum absolute atomic E-state index is 5.99. The van der Waals surface area contributed by atoms with Crippen LogP contribution in [-0.2, 0) is 6.54 Å². The van der Waals surface area contributed by atoms with Crippen molar-refractivity contribution in [1.82, 2.24) is 9.78 Å². The summed E-state index contributed by atoms with van der Waals surface area (Å²) in [6, 6.07) is 5.63. The summed E-state index contributed by atoms with van der Waals surface area (Å²) < 4.78 is 3.00. The van der Waals surface area contributed by atoms with Gasteiger partial charge in [-0.2, -0.15) is 5.10 Å². The Balaban J connectivity index is 2.31. The first-order chi connectivity index (χ1) is 7.99. The lowest BCUT2D eigenvalue weighted by molar-refractivity contribution is 0.659. The first-order valence-electron chi connectivity index (χ1n) is 5.12. The van der Waals surface area contributed by atoms with Crippen LogP contribution in [0.5, 0.6) is 0 Å². The summed E-state index contributed by atoms with van der Waals surface area (Å²) in [5, 5.41) is 5.60. The second kappa shape index (κ2) is 5.01. The van der Waals surface area contributed by atoms with Crippen LogP contribution in [0, 0.1) is 13.8 Å². The largest absolute Gasteiger partial charge is 0.264 e. The monoisotopic (exact) mass is 332 g/mol. The second-order valence-electron chi connectivity index (χ2n) is 3.89. The van der Waals surface area contributed by atoms with Gasteiger partial charge in [-0.05, 0) is 47.5 Å². The molecule has 0 unspecified atom stereocenters. The number of hydrogen-bond donors (Lipinski definition) is 0. The molecular weight excluding hydrogens is 323 g/mol. The highest BCUT2D eigenvalue weighted by atomic mass is 79.9. The normalized spacial score (nSPS) is 10.9. The van der Waals surface area contributed by atoms with E-state index in [1.165, 1.54) is 0 Å². The van der Waals surface area contributed by atoms with Gasteiger partial charge < -0.3 is 0 Å². The van der Waals surface area contributed by atoms with Gasteiger partial charge in [0.2, 0.25) is 0 Å². The molecule has 2 rings (SSSR count). The molecule has 0 aliphatic rings. The van der Waals surface area contributed by atoms with Gasteiger partial charge >= 0.3 is 0 Å². The predicted molar refractivity (Wildman–Crippen MR) is 75.0 cm³/mol. The van der Waals surface area contributed by atoms with E-state index in [1.54, 1.807) is 6.07 Å². The van der Waals surface area contributed by atoms with Gasteiger partial charge in [-0.1, -0.05) is 29.3 Å². The van der Waals surface area contributed by atoms with Crippen LogP contribution in [-0.4, -0.2) is 9.78 Å². The third-order valence-corrected chi connectivity index (χ3v) is 4.50. The Morgan fingerprint density at radius 2 is 1.94 bits per heavy atom. The van der Waals surface area contributed by atoms with Crippen molar-refractivity contribution in [2.75, 3.05) is 0 Å². The molecule has 0 fully saturated rings. The van der Waals surface area contributed by atoms with Crippen LogP contribution in [0.2, 0.25) is 10.0 Å². The van der Waals surface area contributed by atoms with E-state index in [2.05, 4.69) is 21.0 Å². The van der Waals surface area contributed by atoms with Crippen molar-refractivity contribution in [3.63, 3.8) is 0 Å². The highest BCUT2D eigenvalue weighted by Gasteiger charge is 2.09. The molecule has 0 radical (unpaired) electrons. The number of benzene rings is 1. The van der Waals surface area contributed by atoms with Gasteiger partial charge in [0.25, 0.3) is 0 Å². The third-order valence-electron chi connectivity index (χ3n) is 2.61. The molecule has 1 aromatic heterocycles. The van der Waals surface area contributed by atoms with Gasteiger partial charge in [0.1, 0.15) is 0 Å². The zero-order chi connectivity index (χ0) is 12.6. The minimum Gasteiger partial charge on any atom is -0.264 e. The molecule has 0 aliphatic carbocycles. The van der Waals surface area contributed by atoms with Crippen LogP contribution in [0.4, 0.5) is 0 Å². The van der Waals surface area contributed by atoms with E-state index in [4.69, 9.17) is 23.2 Å². The molecule has 2 aromatic rings. The molecule has 90 valence electrons. The van der Waals surface area contributed by atoms with E-state index in [0.29, 0.717) is 16.6 Å². The van der Waals surface area contributed by atoms with Gasteiger partial charge in [-0.3, -0.25) is 4.68 Å². The van der Waals surface area contributed by atoms with Crippen LogP contribution in [0.15, 0.2) is 22.7 Å². The van der Waals surface area contributed by atoms with Crippen molar-refractivity contribution in [3.05, 3.63) is 49.7 Å². The molecule has 1 aromatic carbocycles. The Kier molecular flexibility index (Phi) is 3.81. The zero-order valence-electron chi connectivity index (χ0n) is 9.47. The zero-order valence-corrected chi connectivity index (χ0v) is 12.6. The molecular formula is C12H11BrCl2N2. The summed E-state index contributed by atoms with van der Waals surface area (Å²) in [5.41, 5.74) is 3.17. The SMILES string of the molecule is Cc1nn(Cc2ccc(Cl)c(Cl)c2)c(C)c1Br. The second-order valence-corrected chi connectivity index (χ2v) is 5.50. The van der Waals surface area contributed by atoms with E-state index in [1.807, 2.05) is 30.7 Å². The highest BCUT2D eigenvalue weighted by molar-refractivity contribution is 9.10. The van der Waals surface area contributed by atoms with Crippen LogP contribution < -0.4 is 0 Å². The fourth-order valence-electron chi connectivity index (χ4n) is 1.64. The summed E-state index contributed by atoms with van der Waals surface area (Å²) >= 11 is 15.4. The third kappa shape index (κ3) is 2.67. The smallest absolute Gasteiger partial charge is 0.0738 e. The Morgan fingerprint density at radius 3 is 2.47 bits per heavy atom. The first kappa shape index (κ1) is 12.9. The summed E-state index contributed by atoms with van der Waals surface area (Å²) in [7, 11) is 0. The topological polar surface area (TPSA) is 17.8 Å². The summed E-state index contributed by atoms with van der Waals surface area (Å²) in [6.45, 7) is 4.69. The van der Waals surface area contributed by atoms with E-state index in [9.17, 15) is 0 Å². The van der Waals surface area contributed by atoms with Crippen molar-refractivity contribution in [2.24, 2.45) is 0 Å². The number of aryl methyl sites for hydroxylation is 1. The fourth-order valence-corrected chi connectivity index (χ4v) is 2.24. The Labute approximate surface area is 119 Å². The summed E-state index contributed by atoms with van der Waals surface area (Å²) in [4.78, 5) is 0. The molecule has 17 heavy (non-hydrogen) atoms. The molecule has 0 spiro atoms. The average Bonchev–Trinajstić information content (AvgIpc) is 2.52. The van der Waals surface area contributed by atoms with Crippen LogP contribution in [0.3, 0.4) is 0 Å². The van der Waals surface area contributed by atoms with Crippen molar-refractivity contribution in [1.29, 1.82) is 0 Å². The lowest BCUT2D eigenvalue weighted by atomic mass is 10.2. The van der Waals surface area contributed by atoms with Crippen LogP contribution in [0.25, 0.3) is 0 Å². The van der Waals surface area contributed by atoms with Gasteiger partial charge in [-0.15, -0.1) is 0 Å². The van der Waals surface area contributed by atoms with Crippen molar-refractivity contribution >= 4 is 39.1 Å². The number of halogens is 3. The molecule has 5 heteroatoms. The molecule has 0 atom stereocenters. The molecule has 0 saturated heterocycles. The number of nitrogens with zero attached hydrogens (tertiary/aromatic N) is 2. The van der Waals surface area contributed by atoms with E-state index >= 15 is 0 Å². The van der Waals surface area contributed by atoms with E-state index in [0.717, 1.165) is 21.4 Å². The maximum atomic E-state index is 5.99. The minimum absolute atomic E-state index is 0.574. The molecule has 2 nitrogen and oxygen atoms in total. The molecule has 0 aliphatic heterocycles. The number of aromatic nitrogens is 2. The van der Waals surface area contributed by atoms with E-state index in [-0.39, 0.29) is 0 Å². The molecule has 0 N–H and O–H groups in total. The average molecular weight is 334 g/mol. The predicted octanol–water partition coefficient (Wildman–Crippen LogP) is 4.62. The molecule has 0 amide bonds. The Morgan fingerprint density at radius 1 is 1.24 bits per heavy atom. The number of hydrogen-bond acceptors (Lipinski definition) is 1. The number of rotatable bonds is 2. The van der Waals surface area contributed by atoms with Crippen LogP contribution >= 0.6 is 39.1 Å². The van der Waals surface area contributed by atoms with E-state index < -0.39 is 0 Å². The Hall–Kier alpha value is -0.510. The Bertz CT molecular complexity index is 564. The molecule has 1 heterocycles. The fraction of sp³-hybridized carbons (Fsp3) is 0.250. The summed E-state index contributed by atoms with van der Waals surface area (Å²) in [6.07, 6.45) is 0.